The molecule has 0 spiro atoms. The van der Waals surface area contributed by atoms with Crippen molar-refractivity contribution >= 4 is 11.9 Å². The van der Waals surface area contributed by atoms with Crippen molar-refractivity contribution in [2.24, 2.45) is 5.92 Å². The highest BCUT2D eigenvalue weighted by molar-refractivity contribution is 5.91. The van der Waals surface area contributed by atoms with Gasteiger partial charge in [-0.2, -0.15) is 5.26 Å². The standard InChI is InChI=1S/C19H26N2O3/c1-13(2)19(6,12-20)21-16(22)11-24-17(23)14-7-9-15(10-8-14)18(3,4)5/h7-10,13H,11H2,1-6H3,(H,21,22)/t19-/m0/s1. The lowest BCUT2D eigenvalue weighted by Gasteiger charge is -2.27. The van der Waals surface area contributed by atoms with Crippen LogP contribution in [0.1, 0.15) is 57.5 Å². The van der Waals surface area contributed by atoms with Gasteiger partial charge in [0.1, 0.15) is 5.54 Å². The van der Waals surface area contributed by atoms with E-state index in [0.29, 0.717) is 5.56 Å². The van der Waals surface area contributed by atoms with E-state index in [1.807, 2.05) is 26.0 Å². The second kappa shape index (κ2) is 7.48. The number of rotatable bonds is 5. The number of amides is 1. The molecule has 5 heteroatoms. The Bertz CT molecular complexity index is 636. The largest absolute Gasteiger partial charge is 0.452 e. The molecule has 1 aromatic rings. The van der Waals surface area contributed by atoms with Crippen LogP contribution in [0.5, 0.6) is 0 Å². The van der Waals surface area contributed by atoms with Crippen molar-refractivity contribution in [2.45, 2.75) is 52.5 Å². The van der Waals surface area contributed by atoms with E-state index < -0.39 is 24.0 Å². The first-order chi connectivity index (χ1) is 11.0. The maximum atomic E-state index is 12.0. The zero-order valence-electron chi connectivity index (χ0n) is 15.3. The Morgan fingerprint density at radius 3 is 2.12 bits per heavy atom. The minimum absolute atomic E-state index is 0.000910. The highest BCUT2D eigenvalue weighted by Gasteiger charge is 2.30. The minimum atomic E-state index is -0.988. The van der Waals surface area contributed by atoms with Gasteiger partial charge in [0.15, 0.2) is 6.61 Å². The Hall–Kier alpha value is -2.35. The summed E-state index contributed by atoms with van der Waals surface area (Å²) in [5, 5.41) is 11.8. The highest BCUT2D eigenvalue weighted by Crippen LogP contribution is 2.22. The first kappa shape index (κ1) is 19.7. The normalized spacial score (nSPS) is 13.8. The van der Waals surface area contributed by atoms with Gasteiger partial charge in [-0.3, -0.25) is 4.79 Å². The summed E-state index contributed by atoms with van der Waals surface area (Å²) in [4.78, 5) is 23.9. The van der Waals surface area contributed by atoms with E-state index in [9.17, 15) is 14.9 Å². The second-order valence-corrected chi connectivity index (χ2v) is 7.42. The zero-order chi connectivity index (χ0) is 18.5. The van der Waals surface area contributed by atoms with Crippen molar-refractivity contribution in [3.63, 3.8) is 0 Å². The van der Waals surface area contributed by atoms with Crippen LogP contribution in [0.3, 0.4) is 0 Å². The number of nitrogens with zero attached hydrogens (tertiary/aromatic N) is 1. The number of hydrogen-bond acceptors (Lipinski definition) is 4. The highest BCUT2D eigenvalue weighted by atomic mass is 16.5. The van der Waals surface area contributed by atoms with Gasteiger partial charge in [-0.1, -0.05) is 46.8 Å². The van der Waals surface area contributed by atoms with Gasteiger partial charge < -0.3 is 10.1 Å². The zero-order valence-corrected chi connectivity index (χ0v) is 15.3. The van der Waals surface area contributed by atoms with Gasteiger partial charge in [-0.05, 0) is 36.0 Å². The number of carbonyl (C=O) groups is 2. The molecule has 0 aliphatic rings. The van der Waals surface area contributed by atoms with E-state index in [4.69, 9.17) is 4.74 Å². The number of esters is 1. The fourth-order valence-electron chi connectivity index (χ4n) is 1.95. The molecule has 130 valence electrons. The molecule has 1 N–H and O–H groups in total. The predicted molar refractivity (Wildman–Crippen MR) is 92.4 cm³/mol. The molecule has 1 atom stereocenters. The third kappa shape index (κ3) is 5.09. The molecule has 5 nitrogen and oxygen atoms in total. The number of ether oxygens (including phenoxy) is 1. The first-order valence-corrected chi connectivity index (χ1v) is 7.99. The van der Waals surface area contributed by atoms with Gasteiger partial charge in [0.05, 0.1) is 11.6 Å². The number of nitrogens with one attached hydrogen (secondary N) is 1. The van der Waals surface area contributed by atoms with Crippen LogP contribution in [0.4, 0.5) is 0 Å². The van der Waals surface area contributed by atoms with Gasteiger partial charge in [-0.25, -0.2) is 4.79 Å². The maximum Gasteiger partial charge on any atom is 0.338 e. The molecule has 24 heavy (non-hydrogen) atoms. The van der Waals surface area contributed by atoms with Crippen molar-refractivity contribution in [3.8, 4) is 6.07 Å². The molecule has 0 aliphatic heterocycles. The average molecular weight is 330 g/mol. The molecular weight excluding hydrogens is 304 g/mol. The van der Waals surface area contributed by atoms with Crippen LogP contribution >= 0.6 is 0 Å². The SMILES string of the molecule is CC(C)[C@](C)(C#N)NC(=O)COC(=O)c1ccc(C(C)(C)C)cc1. The first-order valence-electron chi connectivity index (χ1n) is 7.99. The molecule has 1 rings (SSSR count). The molecule has 0 unspecified atom stereocenters. The number of carbonyl (C=O) groups excluding carboxylic acids is 2. The molecule has 0 fully saturated rings. The molecular formula is C19H26N2O3. The number of hydrogen-bond donors (Lipinski definition) is 1. The fourth-order valence-corrected chi connectivity index (χ4v) is 1.95. The van der Waals surface area contributed by atoms with Crippen LogP contribution in [-0.2, 0) is 14.9 Å². The van der Waals surface area contributed by atoms with Crippen LogP contribution in [0.2, 0.25) is 0 Å². The summed E-state index contributed by atoms with van der Waals surface area (Å²) in [5.74, 6) is -1.12. The van der Waals surface area contributed by atoms with Crippen molar-refractivity contribution in [1.29, 1.82) is 5.26 Å². The number of benzene rings is 1. The summed E-state index contributed by atoms with van der Waals surface area (Å²) in [6.45, 7) is 11.2. The molecule has 0 saturated heterocycles. The Labute approximate surface area is 144 Å². The van der Waals surface area contributed by atoms with Crippen molar-refractivity contribution in [2.75, 3.05) is 6.61 Å². The molecule has 0 bridgehead atoms. The summed E-state index contributed by atoms with van der Waals surface area (Å²) in [6.07, 6.45) is 0. The molecule has 0 heterocycles. The number of nitriles is 1. The monoisotopic (exact) mass is 330 g/mol. The van der Waals surface area contributed by atoms with Crippen molar-refractivity contribution in [3.05, 3.63) is 35.4 Å². The van der Waals surface area contributed by atoms with Crippen LogP contribution < -0.4 is 5.32 Å². The topological polar surface area (TPSA) is 79.2 Å². The van der Waals surface area contributed by atoms with E-state index in [1.54, 1.807) is 19.1 Å². The van der Waals surface area contributed by atoms with Crippen LogP contribution in [0.15, 0.2) is 24.3 Å². The molecule has 0 aliphatic carbocycles. The Morgan fingerprint density at radius 1 is 1.17 bits per heavy atom. The average Bonchev–Trinajstić information content (AvgIpc) is 2.51. The van der Waals surface area contributed by atoms with Crippen molar-refractivity contribution in [1.82, 2.24) is 5.32 Å². The van der Waals surface area contributed by atoms with Crippen LogP contribution in [0, 0.1) is 17.2 Å². The Kier molecular flexibility index (Phi) is 6.14. The summed E-state index contributed by atoms with van der Waals surface area (Å²) in [5.41, 5.74) is 0.514. The van der Waals surface area contributed by atoms with Crippen LogP contribution in [0.25, 0.3) is 0 Å². The summed E-state index contributed by atoms with van der Waals surface area (Å²) < 4.78 is 5.03. The van der Waals surface area contributed by atoms with E-state index >= 15 is 0 Å². The predicted octanol–water partition coefficient (Wildman–Crippen LogP) is 3.20. The van der Waals surface area contributed by atoms with E-state index in [2.05, 4.69) is 32.2 Å². The smallest absolute Gasteiger partial charge is 0.338 e. The maximum absolute atomic E-state index is 12.0. The lowest BCUT2D eigenvalue weighted by molar-refractivity contribution is -0.125. The molecule has 0 aromatic heterocycles. The minimum Gasteiger partial charge on any atom is -0.452 e. The fraction of sp³-hybridized carbons (Fsp3) is 0.526. The molecule has 0 saturated carbocycles. The third-order valence-corrected chi connectivity index (χ3v) is 4.11. The molecule has 1 amide bonds. The van der Waals surface area contributed by atoms with E-state index in [1.165, 1.54) is 0 Å². The summed E-state index contributed by atoms with van der Waals surface area (Å²) in [6, 6.07) is 9.21. The second-order valence-electron chi connectivity index (χ2n) is 7.42. The van der Waals surface area contributed by atoms with Gasteiger partial charge in [-0.15, -0.1) is 0 Å². The van der Waals surface area contributed by atoms with Gasteiger partial charge in [0, 0.05) is 0 Å². The van der Waals surface area contributed by atoms with Gasteiger partial charge in [0.2, 0.25) is 0 Å². The van der Waals surface area contributed by atoms with E-state index in [0.717, 1.165) is 5.56 Å². The Balaban J connectivity index is 2.63. The third-order valence-electron chi connectivity index (χ3n) is 4.11. The summed E-state index contributed by atoms with van der Waals surface area (Å²) >= 11 is 0. The lowest BCUT2D eigenvalue weighted by atomic mass is 9.87. The van der Waals surface area contributed by atoms with Crippen molar-refractivity contribution < 1.29 is 14.3 Å². The van der Waals surface area contributed by atoms with E-state index in [-0.39, 0.29) is 11.3 Å². The van der Waals surface area contributed by atoms with Gasteiger partial charge in [0.25, 0.3) is 5.91 Å². The van der Waals surface area contributed by atoms with Crippen LogP contribution in [-0.4, -0.2) is 24.0 Å². The molecule has 0 radical (unpaired) electrons. The van der Waals surface area contributed by atoms with Gasteiger partial charge >= 0.3 is 5.97 Å². The summed E-state index contributed by atoms with van der Waals surface area (Å²) in [7, 11) is 0. The quantitative estimate of drug-likeness (QED) is 0.841. The lowest BCUT2D eigenvalue weighted by Crippen LogP contribution is -2.50. The Morgan fingerprint density at radius 2 is 1.71 bits per heavy atom. The molecule has 1 aromatic carbocycles.